The molecule has 0 bridgehead atoms. The summed E-state index contributed by atoms with van der Waals surface area (Å²) in [6.45, 7) is 0. The molecule has 0 saturated heterocycles. The number of aromatic nitrogens is 1. The molecule has 0 amide bonds. The second-order valence-corrected chi connectivity index (χ2v) is 6.77. The zero-order valence-electron chi connectivity index (χ0n) is 11.1. The third kappa shape index (κ3) is 2.57. The lowest BCUT2D eigenvalue weighted by atomic mass is 10.0. The number of aromatic amines is 1. The van der Waals surface area contributed by atoms with Crippen LogP contribution in [-0.4, -0.2) is 22.3 Å². The molecule has 108 valence electrons. The Morgan fingerprint density at radius 1 is 1.43 bits per heavy atom. The largest absolute Gasteiger partial charge is 0.477 e. The first-order valence-electron chi connectivity index (χ1n) is 6.22. The van der Waals surface area contributed by atoms with E-state index in [0.29, 0.717) is 10.6 Å². The van der Waals surface area contributed by atoms with Crippen LogP contribution >= 0.6 is 34.7 Å². The van der Waals surface area contributed by atoms with Gasteiger partial charge in [0.1, 0.15) is 10.5 Å². The Labute approximate surface area is 134 Å². The quantitative estimate of drug-likeness (QED) is 0.695. The molecule has 0 unspecified atom stereocenters. The van der Waals surface area contributed by atoms with Crippen LogP contribution in [0.2, 0.25) is 5.02 Å². The van der Waals surface area contributed by atoms with E-state index in [9.17, 15) is 9.90 Å². The van der Waals surface area contributed by atoms with Crippen molar-refractivity contribution >= 4 is 50.9 Å². The van der Waals surface area contributed by atoms with Crippen molar-refractivity contribution in [2.24, 2.45) is 0 Å². The molecule has 2 aromatic heterocycles. The van der Waals surface area contributed by atoms with Crippen LogP contribution in [0.4, 0.5) is 0 Å². The Balaban J connectivity index is 2.19. The minimum atomic E-state index is -0.960. The highest BCUT2D eigenvalue weighted by Crippen LogP contribution is 2.37. The van der Waals surface area contributed by atoms with Crippen molar-refractivity contribution in [2.45, 2.75) is 5.75 Å². The molecule has 6 heteroatoms. The summed E-state index contributed by atoms with van der Waals surface area (Å²) in [6.07, 6.45) is 2.02. The topological polar surface area (TPSA) is 53.1 Å². The number of thiophene rings is 1. The fraction of sp³-hybridized carbons (Fsp3) is 0.133. The molecule has 3 nitrogen and oxygen atoms in total. The van der Waals surface area contributed by atoms with Gasteiger partial charge in [-0.1, -0.05) is 23.7 Å². The Morgan fingerprint density at radius 2 is 2.24 bits per heavy atom. The van der Waals surface area contributed by atoms with Crippen LogP contribution in [0.5, 0.6) is 0 Å². The molecule has 2 heterocycles. The van der Waals surface area contributed by atoms with E-state index < -0.39 is 5.97 Å². The number of carboxylic acids is 1. The first-order chi connectivity index (χ1) is 10.1. The molecule has 0 aliphatic rings. The standard InChI is InChI=1S/C15H12ClNO2S2/c1-20-7-9-3-2-8(6-11(9)16)12-10-4-5-21-14(10)17-13(12)15(18)19/h2-6,17H,7H2,1H3,(H,18,19). The summed E-state index contributed by atoms with van der Waals surface area (Å²) in [5.41, 5.74) is 2.80. The second kappa shape index (κ2) is 5.75. The average molecular weight is 338 g/mol. The zero-order chi connectivity index (χ0) is 15.0. The van der Waals surface area contributed by atoms with Gasteiger partial charge in [-0.15, -0.1) is 11.3 Å². The maximum absolute atomic E-state index is 11.5. The number of carbonyl (C=O) groups is 1. The number of hydrogen-bond donors (Lipinski definition) is 2. The van der Waals surface area contributed by atoms with Crippen molar-refractivity contribution < 1.29 is 9.90 Å². The fourth-order valence-electron chi connectivity index (χ4n) is 2.35. The highest BCUT2D eigenvalue weighted by Gasteiger charge is 2.19. The highest BCUT2D eigenvalue weighted by atomic mass is 35.5. The third-order valence-electron chi connectivity index (χ3n) is 3.28. The molecule has 1 aromatic carbocycles. The van der Waals surface area contributed by atoms with E-state index in [2.05, 4.69) is 4.98 Å². The van der Waals surface area contributed by atoms with Crippen LogP contribution in [0, 0.1) is 0 Å². The van der Waals surface area contributed by atoms with Gasteiger partial charge in [-0.3, -0.25) is 0 Å². The minimum absolute atomic E-state index is 0.213. The van der Waals surface area contributed by atoms with Crippen molar-refractivity contribution in [1.82, 2.24) is 4.98 Å². The van der Waals surface area contributed by atoms with Crippen molar-refractivity contribution in [3.05, 3.63) is 45.9 Å². The van der Waals surface area contributed by atoms with E-state index in [0.717, 1.165) is 27.1 Å². The van der Waals surface area contributed by atoms with Gasteiger partial charge in [0.05, 0.1) is 0 Å². The lowest BCUT2D eigenvalue weighted by Crippen LogP contribution is -1.99. The minimum Gasteiger partial charge on any atom is -0.477 e. The predicted octanol–water partition coefficient (Wildman–Crippen LogP) is 5.11. The van der Waals surface area contributed by atoms with Crippen molar-refractivity contribution in [3.8, 4) is 11.1 Å². The van der Waals surface area contributed by atoms with Crippen molar-refractivity contribution in [2.75, 3.05) is 6.26 Å². The molecule has 3 rings (SSSR count). The lowest BCUT2D eigenvalue weighted by Gasteiger charge is -2.07. The number of fused-ring (bicyclic) bond motifs is 1. The van der Waals surface area contributed by atoms with Gasteiger partial charge in [-0.2, -0.15) is 11.8 Å². The number of H-pyrrole nitrogens is 1. The summed E-state index contributed by atoms with van der Waals surface area (Å²) in [6, 6.07) is 7.68. The molecule has 0 fully saturated rings. The number of halogens is 1. The zero-order valence-corrected chi connectivity index (χ0v) is 13.5. The molecule has 0 atom stereocenters. The molecule has 0 aliphatic carbocycles. The van der Waals surface area contributed by atoms with E-state index in [4.69, 9.17) is 11.6 Å². The lowest BCUT2D eigenvalue weighted by molar-refractivity contribution is 0.0692. The summed E-state index contributed by atoms with van der Waals surface area (Å²) in [5.74, 6) is -0.121. The van der Waals surface area contributed by atoms with Crippen LogP contribution in [-0.2, 0) is 5.75 Å². The summed E-state index contributed by atoms with van der Waals surface area (Å²) >= 11 is 9.51. The van der Waals surface area contributed by atoms with Crippen molar-refractivity contribution in [1.29, 1.82) is 0 Å². The predicted molar refractivity (Wildman–Crippen MR) is 90.8 cm³/mol. The van der Waals surface area contributed by atoms with Gasteiger partial charge in [0.25, 0.3) is 0 Å². The van der Waals surface area contributed by atoms with Gasteiger partial charge in [0.2, 0.25) is 0 Å². The van der Waals surface area contributed by atoms with Gasteiger partial charge in [-0.25, -0.2) is 4.79 Å². The molecular weight excluding hydrogens is 326 g/mol. The monoisotopic (exact) mass is 337 g/mol. The van der Waals surface area contributed by atoms with E-state index >= 15 is 0 Å². The first-order valence-corrected chi connectivity index (χ1v) is 8.87. The van der Waals surface area contributed by atoms with Crippen LogP contribution < -0.4 is 0 Å². The number of rotatable bonds is 4. The van der Waals surface area contributed by atoms with Crippen LogP contribution in [0.1, 0.15) is 16.1 Å². The maximum Gasteiger partial charge on any atom is 0.353 e. The van der Waals surface area contributed by atoms with Gasteiger partial charge in [-0.05, 0) is 34.9 Å². The fourth-order valence-corrected chi connectivity index (χ4v) is 4.04. The molecule has 0 spiro atoms. The normalized spacial score (nSPS) is 11.1. The summed E-state index contributed by atoms with van der Waals surface area (Å²) in [7, 11) is 0. The number of thioether (sulfide) groups is 1. The third-order valence-corrected chi connectivity index (χ3v) is 5.06. The molecule has 0 radical (unpaired) electrons. The Kier molecular flexibility index (Phi) is 3.97. The average Bonchev–Trinajstić information content (AvgIpc) is 3.01. The van der Waals surface area contributed by atoms with Gasteiger partial charge in [0.15, 0.2) is 0 Å². The number of aromatic carboxylic acids is 1. The van der Waals surface area contributed by atoms with Crippen LogP contribution in [0.15, 0.2) is 29.6 Å². The smallest absolute Gasteiger partial charge is 0.353 e. The number of hydrogen-bond acceptors (Lipinski definition) is 3. The SMILES string of the molecule is CSCc1ccc(-c2c(C(=O)O)[nH]c3sccc23)cc1Cl. The van der Waals surface area contributed by atoms with E-state index in [-0.39, 0.29) is 5.69 Å². The highest BCUT2D eigenvalue weighted by molar-refractivity contribution is 7.97. The second-order valence-electron chi connectivity index (χ2n) is 4.58. The van der Waals surface area contributed by atoms with Gasteiger partial charge < -0.3 is 10.1 Å². The Hall–Kier alpha value is -1.43. The molecule has 0 saturated carbocycles. The molecular formula is C15H12ClNO2S2. The van der Waals surface area contributed by atoms with Crippen LogP contribution in [0.3, 0.4) is 0 Å². The van der Waals surface area contributed by atoms with Crippen LogP contribution in [0.25, 0.3) is 21.3 Å². The Bertz CT molecular complexity index is 822. The van der Waals surface area contributed by atoms with Crippen molar-refractivity contribution in [3.63, 3.8) is 0 Å². The molecule has 3 aromatic rings. The summed E-state index contributed by atoms with van der Waals surface area (Å²) < 4.78 is 0. The Morgan fingerprint density at radius 3 is 2.90 bits per heavy atom. The summed E-state index contributed by atoms with van der Waals surface area (Å²) in [5, 5.41) is 12.9. The molecule has 21 heavy (non-hydrogen) atoms. The summed E-state index contributed by atoms with van der Waals surface area (Å²) in [4.78, 5) is 15.3. The van der Waals surface area contributed by atoms with E-state index in [1.54, 1.807) is 11.8 Å². The van der Waals surface area contributed by atoms with E-state index in [1.807, 2.05) is 35.9 Å². The van der Waals surface area contributed by atoms with Gasteiger partial charge in [0, 0.05) is 21.7 Å². The van der Waals surface area contributed by atoms with E-state index in [1.165, 1.54) is 11.3 Å². The maximum atomic E-state index is 11.5. The number of nitrogens with one attached hydrogen (secondary N) is 1. The number of carboxylic acid groups (broad SMARTS) is 1. The van der Waals surface area contributed by atoms with Gasteiger partial charge >= 0.3 is 5.97 Å². The number of benzene rings is 1. The molecule has 0 aliphatic heterocycles. The molecule has 2 N–H and O–H groups in total. The first kappa shape index (κ1) is 14.5.